The Kier molecular flexibility index (Phi) is 6.26. The first kappa shape index (κ1) is 14.9. The molecule has 0 aromatic rings. The molecule has 0 saturated heterocycles. The first-order valence-corrected chi connectivity index (χ1v) is 8.60. The molecule has 0 aromatic heterocycles. The maximum atomic E-state index is 5.95. The van der Waals surface area contributed by atoms with Gasteiger partial charge in [0.1, 0.15) is 0 Å². The summed E-state index contributed by atoms with van der Waals surface area (Å²) in [6.07, 6.45) is 18.3. The zero-order valence-corrected chi connectivity index (χ0v) is 12.9. The van der Waals surface area contributed by atoms with E-state index < -0.39 is 0 Å². The third kappa shape index (κ3) is 4.85. The summed E-state index contributed by atoms with van der Waals surface area (Å²) in [5.74, 6) is 2.93. The molecule has 2 saturated carbocycles. The summed E-state index contributed by atoms with van der Waals surface area (Å²) in [6.45, 7) is 4.63. The molecule has 0 aliphatic heterocycles. The summed E-state index contributed by atoms with van der Waals surface area (Å²) < 4.78 is 5.95. The van der Waals surface area contributed by atoms with Gasteiger partial charge < -0.3 is 4.74 Å². The van der Waals surface area contributed by atoms with Crippen LogP contribution in [-0.2, 0) is 4.74 Å². The third-order valence-electron chi connectivity index (χ3n) is 5.22. The number of hydrogen-bond acceptors (Lipinski definition) is 1. The van der Waals surface area contributed by atoms with Crippen LogP contribution in [0.15, 0.2) is 12.3 Å². The van der Waals surface area contributed by atoms with E-state index in [2.05, 4.69) is 19.9 Å². The maximum Gasteiger partial charge on any atom is 0.0981 e. The molecule has 1 heteroatoms. The molecule has 0 aromatic carbocycles. The Morgan fingerprint density at radius 2 is 1.79 bits per heavy atom. The quantitative estimate of drug-likeness (QED) is 0.579. The minimum Gasteiger partial charge on any atom is -0.498 e. The van der Waals surface area contributed by atoms with Gasteiger partial charge in [0.2, 0.25) is 0 Å². The van der Waals surface area contributed by atoms with E-state index >= 15 is 0 Å². The van der Waals surface area contributed by atoms with Crippen LogP contribution in [0.2, 0.25) is 0 Å². The SMILES string of the molecule is CCCC=CO[C@@H]1CCC[C@@H](C2CCC(C)CC2)C1. The monoisotopic (exact) mass is 264 g/mol. The lowest BCUT2D eigenvalue weighted by Gasteiger charge is -2.37. The topological polar surface area (TPSA) is 9.23 Å². The second-order valence-corrected chi connectivity index (χ2v) is 6.87. The van der Waals surface area contributed by atoms with Crippen molar-refractivity contribution in [2.24, 2.45) is 17.8 Å². The van der Waals surface area contributed by atoms with Gasteiger partial charge in [-0.1, -0.05) is 33.1 Å². The molecule has 19 heavy (non-hydrogen) atoms. The second kappa shape index (κ2) is 7.97. The zero-order chi connectivity index (χ0) is 13.5. The number of unbranched alkanes of at least 4 members (excludes halogenated alkanes) is 1. The number of allylic oxidation sites excluding steroid dienone is 1. The minimum atomic E-state index is 0.506. The van der Waals surface area contributed by atoms with Gasteiger partial charge in [0.25, 0.3) is 0 Å². The van der Waals surface area contributed by atoms with Crippen LogP contribution in [0.1, 0.15) is 78.1 Å². The first-order valence-electron chi connectivity index (χ1n) is 8.60. The molecular weight excluding hydrogens is 232 g/mol. The smallest absolute Gasteiger partial charge is 0.0981 e. The van der Waals surface area contributed by atoms with Crippen LogP contribution in [0.4, 0.5) is 0 Å². The van der Waals surface area contributed by atoms with Crippen LogP contribution in [0, 0.1) is 17.8 Å². The average molecular weight is 264 g/mol. The molecular formula is C18H32O. The molecule has 2 atom stereocenters. The molecule has 2 aliphatic carbocycles. The van der Waals surface area contributed by atoms with E-state index in [0.29, 0.717) is 6.10 Å². The van der Waals surface area contributed by atoms with Crippen molar-refractivity contribution in [1.82, 2.24) is 0 Å². The van der Waals surface area contributed by atoms with Crippen molar-refractivity contribution in [3.05, 3.63) is 12.3 Å². The van der Waals surface area contributed by atoms with Gasteiger partial charge in [0.05, 0.1) is 12.4 Å². The van der Waals surface area contributed by atoms with Gasteiger partial charge in [0.15, 0.2) is 0 Å². The minimum absolute atomic E-state index is 0.506. The van der Waals surface area contributed by atoms with Gasteiger partial charge in [-0.05, 0) is 68.8 Å². The van der Waals surface area contributed by atoms with Crippen LogP contribution in [0.25, 0.3) is 0 Å². The van der Waals surface area contributed by atoms with Crippen molar-refractivity contribution in [1.29, 1.82) is 0 Å². The van der Waals surface area contributed by atoms with E-state index in [-0.39, 0.29) is 0 Å². The van der Waals surface area contributed by atoms with Gasteiger partial charge >= 0.3 is 0 Å². The van der Waals surface area contributed by atoms with Crippen molar-refractivity contribution in [3.8, 4) is 0 Å². The lowest BCUT2D eigenvalue weighted by atomic mass is 9.71. The van der Waals surface area contributed by atoms with E-state index in [0.717, 1.165) is 24.2 Å². The summed E-state index contributed by atoms with van der Waals surface area (Å²) >= 11 is 0. The Balaban J connectivity index is 1.73. The Bertz CT molecular complexity index is 263. The van der Waals surface area contributed by atoms with Crippen LogP contribution in [-0.4, -0.2) is 6.10 Å². The van der Waals surface area contributed by atoms with Crippen LogP contribution in [0.5, 0.6) is 0 Å². The van der Waals surface area contributed by atoms with Crippen LogP contribution in [0.3, 0.4) is 0 Å². The first-order chi connectivity index (χ1) is 9.29. The standard InChI is InChI=1S/C18H32O/c1-3-4-5-13-19-18-8-6-7-17(14-18)16-11-9-15(2)10-12-16/h5,13,15-18H,3-4,6-12,14H2,1-2H3/t15?,16?,17-,18-/m1/s1. The van der Waals surface area contributed by atoms with E-state index in [4.69, 9.17) is 4.74 Å². The summed E-state index contributed by atoms with van der Waals surface area (Å²) in [4.78, 5) is 0. The largest absolute Gasteiger partial charge is 0.498 e. The van der Waals surface area contributed by atoms with E-state index in [9.17, 15) is 0 Å². The molecule has 0 heterocycles. The van der Waals surface area contributed by atoms with Crippen molar-refractivity contribution < 1.29 is 4.74 Å². The van der Waals surface area contributed by atoms with Gasteiger partial charge in [0, 0.05) is 0 Å². The molecule has 2 rings (SSSR count). The molecule has 1 nitrogen and oxygen atoms in total. The number of hydrogen-bond donors (Lipinski definition) is 0. The summed E-state index contributed by atoms with van der Waals surface area (Å²) in [5.41, 5.74) is 0. The van der Waals surface area contributed by atoms with Crippen LogP contribution < -0.4 is 0 Å². The molecule has 0 radical (unpaired) electrons. The summed E-state index contributed by atoms with van der Waals surface area (Å²) in [6, 6.07) is 0. The molecule has 0 bridgehead atoms. The molecule has 0 N–H and O–H groups in total. The zero-order valence-electron chi connectivity index (χ0n) is 12.9. The van der Waals surface area contributed by atoms with Crippen molar-refractivity contribution in [2.75, 3.05) is 0 Å². The number of rotatable bonds is 5. The summed E-state index contributed by atoms with van der Waals surface area (Å²) in [7, 11) is 0. The highest BCUT2D eigenvalue weighted by Gasteiger charge is 2.30. The predicted molar refractivity (Wildman–Crippen MR) is 82.0 cm³/mol. The number of ether oxygens (including phenoxy) is 1. The fraction of sp³-hybridized carbons (Fsp3) is 0.889. The van der Waals surface area contributed by atoms with Crippen molar-refractivity contribution in [2.45, 2.75) is 84.2 Å². The van der Waals surface area contributed by atoms with Crippen LogP contribution >= 0.6 is 0 Å². The fourth-order valence-corrected chi connectivity index (χ4v) is 3.89. The molecule has 0 unspecified atom stereocenters. The van der Waals surface area contributed by atoms with Crippen molar-refractivity contribution >= 4 is 0 Å². The van der Waals surface area contributed by atoms with E-state index in [1.54, 1.807) is 0 Å². The third-order valence-corrected chi connectivity index (χ3v) is 5.22. The highest BCUT2D eigenvalue weighted by atomic mass is 16.5. The lowest BCUT2D eigenvalue weighted by molar-refractivity contribution is 0.0523. The second-order valence-electron chi connectivity index (χ2n) is 6.87. The highest BCUT2D eigenvalue weighted by Crippen LogP contribution is 2.40. The highest BCUT2D eigenvalue weighted by molar-refractivity contribution is 4.83. The van der Waals surface area contributed by atoms with Gasteiger partial charge in [-0.15, -0.1) is 0 Å². The van der Waals surface area contributed by atoms with Gasteiger partial charge in [-0.2, -0.15) is 0 Å². The average Bonchev–Trinajstić information content (AvgIpc) is 2.45. The predicted octanol–water partition coefficient (Wildman–Crippen LogP) is 5.70. The van der Waals surface area contributed by atoms with E-state index in [1.165, 1.54) is 57.8 Å². The normalized spacial score (nSPS) is 36.5. The fourth-order valence-electron chi connectivity index (χ4n) is 3.89. The van der Waals surface area contributed by atoms with E-state index in [1.807, 2.05) is 6.26 Å². The maximum absolute atomic E-state index is 5.95. The van der Waals surface area contributed by atoms with Crippen molar-refractivity contribution in [3.63, 3.8) is 0 Å². The lowest BCUT2D eigenvalue weighted by Crippen LogP contribution is -2.29. The molecule has 0 amide bonds. The van der Waals surface area contributed by atoms with Gasteiger partial charge in [-0.3, -0.25) is 0 Å². The molecule has 110 valence electrons. The Hall–Kier alpha value is -0.460. The Labute approximate surface area is 119 Å². The summed E-state index contributed by atoms with van der Waals surface area (Å²) in [5, 5.41) is 0. The Morgan fingerprint density at radius 1 is 1.00 bits per heavy atom. The molecule has 2 aliphatic rings. The molecule has 0 spiro atoms. The Morgan fingerprint density at radius 3 is 2.53 bits per heavy atom. The molecule has 2 fully saturated rings. The van der Waals surface area contributed by atoms with Gasteiger partial charge in [-0.25, -0.2) is 0 Å².